The first-order chi connectivity index (χ1) is 15.0. The van der Waals surface area contributed by atoms with E-state index in [0.29, 0.717) is 10.0 Å². The van der Waals surface area contributed by atoms with E-state index in [1.54, 1.807) is 42.5 Å². The molecule has 1 atom stereocenters. The Morgan fingerprint density at radius 2 is 1.50 bits per heavy atom. The number of carbonyl (C=O) groups excluding carboxylic acids is 1. The summed E-state index contributed by atoms with van der Waals surface area (Å²) in [4.78, 5) is 12.9. The molecule has 0 aromatic heterocycles. The van der Waals surface area contributed by atoms with E-state index in [1.165, 1.54) is 12.1 Å². The van der Waals surface area contributed by atoms with Crippen molar-refractivity contribution in [1.29, 1.82) is 0 Å². The molecule has 168 valence electrons. The van der Waals surface area contributed by atoms with Crippen LogP contribution in [0.15, 0.2) is 88.2 Å². The second-order valence-corrected chi connectivity index (χ2v) is 9.51. The van der Waals surface area contributed by atoms with Crippen LogP contribution in [0.4, 0.5) is 18.9 Å². The predicted octanol–water partition coefficient (Wildman–Crippen LogP) is 5.00. The van der Waals surface area contributed by atoms with Crippen molar-refractivity contribution in [2.45, 2.75) is 23.5 Å². The van der Waals surface area contributed by atoms with Crippen LogP contribution in [0.2, 0.25) is 0 Å². The van der Waals surface area contributed by atoms with Gasteiger partial charge >= 0.3 is 6.18 Å². The van der Waals surface area contributed by atoms with E-state index in [-0.39, 0.29) is 17.0 Å². The molecule has 5 nitrogen and oxygen atoms in total. The van der Waals surface area contributed by atoms with Gasteiger partial charge in [-0.2, -0.15) is 17.9 Å². The summed E-state index contributed by atoms with van der Waals surface area (Å²) in [6.45, 7) is 0. The lowest BCUT2D eigenvalue weighted by Crippen LogP contribution is -2.45. The van der Waals surface area contributed by atoms with E-state index >= 15 is 0 Å². The maximum Gasteiger partial charge on any atom is 0.416 e. The molecule has 0 aliphatic rings. The highest BCUT2D eigenvalue weighted by atomic mass is 79.9. The van der Waals surface area contributed by atoms with Gasteiger partial charge in [0, 0.05) is 10.2 Å². The number of amides is 1. The van der Waals surface area contributed by atoms with Crippen molar-refractivity contribution in [2.24, 2.45) is 0 Å². The van der Waals surface area contributed by atoms with Gasteiger partial charge in [-0.15, -0.1) is 0 Å². The zero-order chi connectivity index (χ0) is 23.4. The van der Waals surface area contributed by atoms with Crippen LogP contribution in [-0.2, 0) is 27.4 Å². The molecule has 0 saturated heterocycles. The molecular weight excluding hydrogens is 509 g/mol. The summed E-state index contributed by atoms with van der Waals surface area (Å²) < 4.78 is 67.0. The molecule has 0 radical (unpaired) electrons. The highest BCUT2D eigenvalue weighted by Crippen LogP contribution is 2.29. The monoisotopic (exact) mass is 526 g/mol. The van der Waals surface area contributed by atoms with E-state index in [0.717, 1.165) is 24.3 Å². The molecule has 0 aliphatic carbocycles. The third kappa shape index (κ3) is 6.41. The number of hydrogen-bond donors (Lipinski definition) is 2. The number of benzene rings is 3. The lowest BCUT2D eigenvalue weighted by Gasteiger charge is -2.19. The summed E-state index contributed by atoms with van der Waals surface area (Å²) in [5.41, 5.74) is -0.0326. The van der Waals surface area contributed by atoms with Gasteiger partial charge in [-0.05, 0) is 60.5 Å². The molecule has 0 bridgehead atoms. The molecule has 0 aliphatic heterocycles. The van der Waals surface area contributed by atoms with Crippen LogP contribution in [0, 0.1) is 0 Å². The van der Waals surface area contributed by atoms with Crippen molar-refractivity contribution < 1.29 is 26.4 Å². The minimum atomic E-state index is -4.50. The highest BCUT2D eigenvalue weighted by molar-refractivity contribution is 9.10. The van der Waals surface area contributed by atoms with Gasteiger partial charge < -0.3 is 5.32 Å². The predicted molar refractivity (Wildman–Crippen MR) is 118 cm³/mol. The lowest BCUT2D eigenvalue weighted by molar-refractivity contribution is -0.137. The summed E-state index contributed by atoms with van der Waals surface area (Å²) in [7, 11) is -4.04. The normalized spacial score (nSPS) is 12.9. The van der Waals surface area contributed by atoms with Crippen molar-refractivity contribution in [2.75, 3.05) is 5.32 Å². The molecule has 0 saturated carbocycles. The molecule has 0 unspecified atom stereocenters. The SMILES string of the molecule is O=C(Nc1ccc(C(F)(F)F)cc1)[C@H](Cc1ccccc1)NS(=O)(=O)c1ccc(Br)cc1. The van der Waals surface area contributed by atoms with Gasteiger partial charge in [0.15, 0.2) is 0 Å². The number of carbonyl (C=O) groups is 1. The van der Waals surface area contributed by atoms with Gasteiger partial charge in [-0.25, -0.2) is 8.42 Å². The second-order valence-electron chi connectivity index (χ2n) is 6.88. The molecule has 3 aromatic rings. The Balaban J connectivity index is 1.83. The molecule has 3 aromatic carbocycles. The number of anilines is 1. The summed E-state index contributed by atoms with van der Waals surface area (Å²) in [5.74, 6) is -0.700. The fourth-order valence-electron chi connectivity index (χ4n) is 2.88. The average Bonchev–Trinajstić information content (AvgIpc) is 2.74. The van der Waals surface area contributed by atoms with E-state index < -0.39 is 33.7 Å². The number of alkyl halides is 3. The number of halogens is 4. The molecule has 0 heterocycles. The number of sulfonamides is 1. The van der Waals surface area contributed by atoms with Crippen molar-refractivity contribution in [3.05, 3.63) is 94.5 Å². The molecule has 0 fully saturated rings. The Hall–Kier alpha value is -2.69. The van der Waals surface area contributed by atoms with Crippen LogP contribution in [0.25, 0.3) is 0 Å². The number of hydrogen-bond acceptors (Lipinski definition) is 3. The third-order valence-corrected chi connectivity index (χ3v) is 6.52. The molecule has 0 spiro atoms. The second kappa shape index (κ2) is 9.85. The van der Waals surface area contributed by atoms with Crippen LogP contribution < -0.4 is 10.0 Å². The first-order valence-electron chi connectivity index (χ1n) is 9.34. The van der Waals surface area contributed by atoms with Crippen LogP contribution in [0.3, 0.4) is 0 Å². The van der Waals surface area contributed by atoms with Gasteiger partial charge in [-0.1, -0.05) is 46.3 Å². The maximum absolute atomic E-state index is 12.9. The minimum absolute atomic E-state index is 0.0268. The topological polar surface area (TPSA) is 75.3 Å². The van der Waals surface area contributed by atoms with Crippen molar-refractivity contribution in [1.82, 2.24) is 4.72 Å². The summed E-state index contributed by atoms with van der Waals surface area (Å²) >= 11 is 3.24. The first kappa shape index (κ1) is 24.0. The smallest absolute Gasteiger partial charge is 0.325 e. The standard InChI is InChI=1S/C22H18BrF3N2O3S/c23-17-8-12-19(13-9-17)32(30,31)28-20(14-15-4-2-1-3-5-15)21(29)27-18-10-6-16(7-11-18)22(24,25)26/h1-13,20,28H,14H2,(H,27,29)/t20-/m0/s1. The van der Waals surface area contributed by atoms with Gasteiger partial charge in [0.25, 0.3) is 0 Å². The molecule has 1 amide bonds. The van der Waals surface area contributed by atoms with Crippen LogP contribution in [0.1, 0.15) is 11.1 Å². The Kier molecular flexibility index (Phi) is 7.37. The lowest BCUT2D eigenvalue weighted by atomic mass is 10.1. The molecule has 32 heavy (non-hydrogen) atoms. The Labute approximate surface area is 191 Å². The van der Waals surface area contributed by atoms with Crippen molar-refractivity contribution in [3.8, 4) is 0 Å². The molecule has 3 rings (SSSR count). The van der Waals surface area contributed by atoms with Crippen molar-refractivity contribution in [3.63, 3.8) is 0 Å². The van der Waals surface area contributed by atoms with Crippen LogP contribution in [0.5, 0.6) is 0 Å². The summed E-state index contributed by atoms with van der Waals surface area (Å²) in [6, 6.07) is 17.4. The van der Waals surface area contributed by atoms with Crippen LogP contribution in [-0.4, -0.2) is 20.4 Å². The minimum Gasteiger partial charge on any atom is -0.325 e. The Morgan fingerprint density at radius 3 is 2.06 bits per heavy atom. The molecular formula is C22H18BrF3N2O3S. The van der Waals surface area contributed by atoms with E-state index in [2.05, 4.69) is 26.0 Å². The first-order valence-corrected chi connectivity index (χ1v) is 11.6. The maximum atomic E-state index is 12.9. The fourth-order valence-corrected chi connectivity index (χ4v) is 4.34. The van der Waals surface area contributed by atoms with Gasteiger partial charge in [-0.3, -0.25) is 4.79 Å². The molecule has 2 N–H and O–H groups in total. The van der Waals surface area contributed by atoms with E-state index in [1.807, 2.05) is 0 Å². The zero-order valence-electron chi connectivity index (χ0n) is 16.4. The van der Waals surface area contributed by atoms with Crippen LogP contribution >= 0.6 is 15.9 Å². The quantitative estimate of drug-likeness (QED) is 0.455. The Morgan fingerprint density at radius 1 is 0.906 bits per heavy atom. The third-order valence-electron chi connectivity index (χ3n) is 4.50. The van der Waals surface area contributed by atoms with Gasteiger partial charge in [0.05, 0.1) is 10.5 Å². The highest BCUT2D eigenvalue weighted by Gasteiger charge is 2.30. The fraction of sp³-hybridized carbons (Fsp3) is 0.136. The summed E-state index contributed by atoms with van der Waals surface area (Å²) in [5, 5.41) is 2.48. The average molecular weight is 527 g/mol. The van der Waals surface area contributed by atoms with Gasteiger partial charge in [0.1, 0.15) is 6.04 Å². The van der Waals surface area contributed by atoms with E-state index in [9.17, 15) is 26.4 Å². The largest absolute Gasteiger partial charge is 0.416 e. The summed E-state index contributed by atoms with van der Waals surface area (Å²) in [6.07, 6.45) is -4.46. The molecule has 10 heteroatoms. The van der Waals surface area contributed by atoms with E-state index in [4.69, 9.17) is 0 Å². The zero-order valence-corrected chi connectivity index (χ0v) is 18.8. The van der Waals surface area contributed by atoms with Gasteiger partial charge in [0.2, 0.25) is 15.9 Å². The number of rotatable bonds is 7. The Bertz CT molecular complexity index is 1170. The van der Waals surface area contributed by atoms with Crippen molar-refractivity contribution >= 4 is 37.5 Å². The number of nitrogens with one attached hydrogen (secondary N) is 2.